The van der Waals surface area contributed by atoms with Gasteiger partial charge in [0.2, 0.25) is 0 Å². The summed E-state index contributed by atoms with van der Waals surface area (Å²) in [6.45, 7) is 6.92. The van der Waals surface area contributed by atoms with Crippen molar-refractivity contribution in [2.24, 2.45) is 0 Å². The van der Waals surface area contributed by atoms with E-state index in [1.54, 1.807) is 11.9 Å². The highest BCUT2D eigenvalue weighted by atomic mass is 16.2. The van der Waals surface area contributed by atoms with Gasteiger partial charge in [0.25, 0.3) is 5.91 Å². The van der Waals surface area contributed by atoms with Gasteiger partial charge in [-0.25, -0.2) is 0 Å². The molecule has 1 rings (SSSR count). The zero-order chi connectivity index (χ0) is 13.7. The molecule has 5 heteroatoms. The number of amides is 1. The van der Waals surface area contributed by atoms with Crippen molar-refractivity contribution < 1.29 is 4.79 Å². The summed E-state index contributed by atoms with van der Waals surface area (Å²) in [5.74, 6) is 0.135. The molecule has 102 valence electrons. The Kier molecular flexibility index (Phi) is 5.19. The number of carbonyl (C=O) groups is 1. The Bertz CT molecular complexity index is 398. The standard InChI is InChI=1S/C13H24N4O/c1-5-6-7-8-17(4)13(18)12-10(14)11(9(2)3)15-16-12/h9H,5-8,14H2,1-4H3,(H,15,16). The minimum Gasteiger partial charge on any atom is -0.395 e. The van der Waals surface area contributed by atoms with Gasteiger partial charge in [0.1, 0.15) is 0 Å². The normalized spacial score (nSPS) is 10.9. The minimum absolute atomic E-state index is 0.105. The molecule has 18 heavy (non-hydrogen) atoms. The summed E-state index contributed by atoms with van der Waals surface area (Å²) < 4.78 is 0. The number of hydrogen-bond donors (Lipinski definition) is 2. The molecule has 0 unspecified atom stereocenters. The van der Waals surface area contributed by atoms with Gasteiger partial charge in [0.15, 0.2) is 5.69 Å². The third kappa shape index (κ3) is 3.24. The lowest BCUT2D eigenvalue weighted by molar-refractivity contribution is 0.0788. The van der Waals surface area contributed by atoms with Crippen molar-refractivity contribution in [2.75, 3.05) is 19.3 Å². The van der Waals surface area contributed by atoms with Crippen molar-refractivity contribution in [3.63, 3.8) is 0 Å². The van der Waals surface area contributed by atoms with Crippen LogP contribution in [0.5, 0.6) is 0 Å². The van der Waals surface area contributed by atoms with Crippen molar-refractivity contribution in [3.8, 4) is 0 Å². The smallest absolute Gasteiger partial charge is 0.276 e. The number of H-pyrrole nitrogens is 1. The molecule has 0 spiro atoms. The first kappa shape index (κ1) is 14.5. The van der Waals surface area contributed by atoms with E-state index in [4.69, 9.17) is 5.73 Å². The van der Waals surface area contributed by atoms with Crippen LogP contribution in [0.15, 0.2) is 0 Å². The van der Waals surface area contributed by atoms with Gasteiger partial charge >= 0.3 is 0 Å². The number of unbranched alkanes of at least 4 members (excludes halogenated alkanes) is 2. The van der Waals surface area contributed by atoms with Crippen LogP contribution in [0.2, 0.25) is 0 Å². The molecule has 0 aliphatic rings. The monoisotopic (exact) mass is 252 g/mol. The van der Waals surface area contributed by atoms with Gasteiger partial charge in [-0.15, -0.1) is 0 Å². The Morgan fingerprint density at radius 2 is 2.11 bits per heavy atom. The van der Waals surface area contributed by atoms with Crippen molar-refractivity contribution in [1.82, 2.24) is 15.1 Å². The van der Waals surface area contributed by atoms with Crippen LogP contribution in [0, 0.1) is 0 Å². The second kappa shape index (κ2) is 6.42. The molecule has 0 saturated carbocycles. The van der Waals surface area contributed by atoms with E-state index >= 15 is 0 Å². The molecule has 1 amide bonds. The molecule has 0 bridgehead atoms. The lowest BCUT2D eigenvalue weighted by Gasteiger charge is -2.15. The number of rotatable bonds is 6. The number of nitrogens with two attached hydrogens (primary N) is 1. The van der Waals surface area contributed by atoms with Gasteiger partial charge in [0.05, 0.1) is 11.4 Å². The second-order valence-electron chi connectivity index (χ2n) is 4.99. The van der Waals surface area contributed by atoms with Crippen LogP contribution in [0.4, 0.5) is 5.69 Å². The molecule has 3 N–H and O–H groups in total. The predicted molar refractivity (Wildman–Crippen MR) is 73.6 cm³/mol. The van der Waals surface area contributed by atoms with Gasteiger partial charge in [0, 0.05) is 13.6 Å². The lowest BCUT2D eigenvalue weighted by atomic mass is 10.1. The van der Waals surface area contributed by atoms with Gasteiger partial charge in [-0.2, -0.15) is 5.10 Å². The number of hydrogen-bond acceptors (Lipinski definition) is 3. The van der Waals surface area contributed by atoms with E-state index in [0.29, 0.717) is 11.4 Å². The number of nitrogen functional groups attached to an aromatic ring is 1. The highest BCUT2D eigenvalue weighted by Gasteiger charge is 2.21. The summed E-state index contributed by atoms with van der Waals surface area (Å²) in [4.78, 5) is 13.8. The average Bonchev–Trinajstić information content (AvgIpc) is 2.70. The van der Waals surface area contributed by atoms with Gasteiger partial charge < -0.3 is 10.6 Å². The third-order valence-electron chi connectivity index (χ3n) is 3.06. The number of aromatic amines is 1. The molecule has 0 atom stereocenters. The quantitative estimate of drug-likeness (QED) is 0.763. The van der Waals surface area contributed by atoms with E-state index in [2.05, 4.69) is 17.1 Å². The molecule has 5 nitrogen and oxygen atoms in total. The SMILES string of the molecule is CCCCCN(C)C(=O)c1n[nH]c(C(C)C)c1N. The summed E-state index contributed by atoms with van der Waals surface area (Å²) in [5.41, 5.74) is 7.62. The Morgan fingerprint density at radius 3 is 2.61 bits per heavy atom. The van der Waals surface area contributed by atoms with Crippen LogP contribution in [0.1, 0.15) is 62.1 Å². The molecule has 0 aromatic carbocycles. The van der Waals surface area contributed by atoms with E-state index in [-0.39, 0.29) is 11.8 Å². The van der Waals surface area contributed by atoms with Crippen LogP contribution < -0.4 is 5.73 Å². The third-order valence-corrected chi connectivity index (χ3v) is 3.06. The van der Waals surface area contributed by atoms with Gasteiger partial charge in [-0.1, -0.05) is 33.6 Å². The van der Waals surface area contributed by atoms with Gasteiger partial charge in [-0.05, 0) is 12.3 Å². The van der Waals surface area contributed by atoms with E-state index in [1.165, 1.54) is 0 Å². The molecule has 0 saturated heterocycles. The number of aromatic nitrogens is 2. The second-order valence-corrected chi connectivity index (χ2v) is 4.99. The van der Waals surface area contributed by atoms with Crippen molar-refractivity contribution in [3.05, 3.63) is 11.4 Å². The van der Waals surface area contributed by atoms with Crippen molar-refractivity contribution in [2.45, 2.75) is 46.0 Å². The Hall–Kier alpha value is -1.52. The summed E-state index contributed by atoms with van der Waals surface area (Å²) in [5, 5.41) is 6.90. The first-order chi connectivity index (χ1) is 8.49. The Morgan fingerprint density at radius 1 is 1.44 bits per heavy atom. The van der Waals surface area contributed by atoms with Crippen LogP contribution in [-0.4, -0.2) is 34.6 Å². The summed E-state index contributed by atoms with van der Waals surface area (Å²) in [7, 11) is 1.79. The Labute approximate surface area is 109 Å². The first-order valence-electron chi connectivity index (χ1n) is 6.58. The fourth-order valence-electron chi connectivity index (χ4n) is 1.85. The molecule has 0 aliphatic heterocycles. The van der Waals surface area contributed by atoms with Crippen LogP contribution >= 0.6 is 0 Å². The highest BCUT2D eigenvalue weighted by Crippen LogP contribution is 2.22. The predicted octanol–water partition coefficient (Wildman–Crippen LogP) is 2.38. The topological polar surface area (TPSA) is 75.0 Å². The molecule has 1 aromatic heterocycles. The number of carbonyl (C=O) groups excluding carboxylic acids is 1. The number of anilines is 1. The Balaban J connectivity index is 2.72. The number of nitrogens with one attached hydrogen (secondary N) is 1. The van der Waals surface area contributed by atoms with E-state index in [9.17, 15) is 4.79 Å². The van der Waals surface area contributed by atoms with Crippen LogP contribution in [0.25, 0.3) is 0 Å². The number of nitrogens with zero attached hydrogens (tertiary/aromatic N) is 2. The largest absolute Gasteiger partial charge is 0.395 e. The van der Waals surface area contributed by atoms with Crippen molar-refractivity contribution >= 4 is 11.6 Å². The minimum atomic E-state index is -0.105. The zero-order valence-electron chi connectivity index (χ0n) is 11.8. The average molecular weight is 252 g/mol. The maximum absolute atomic E-state index is 12.2. The molecular weight excluding hydrogens is 228 g/mol. The maximum Gasteiger partial charge on any atom is 0.276 e. The molecular formula is C13H24N4O. The molecule has 1 heterocycles. The summed E-state index contributed by atoms with van der Waals surface area (Å²) in [6.07, 6.45) is 3.29. The summed E-state index contributed by atoms with van der Waals surface area (Å²) in [6, 6.07) is 0. The van der Waals surface area contributed by atoms with Crippen molar-refractivity contribution in [1.29, 1.82) is 0 Å². The molecule has 0 fully saturated rings. The fraction of sp³-hybridized carbons (Fsp3) is 0.692. The molecule has 1 aromatic rings. The van der Waals surface area contributed by atoms with Crippen LogP contribution in [0.3, 0.4) is 0 Å². The summed E-state index contributed by atoms with van der Waals surface area (Å²) >= 11 is 0. The zero-order valence-corrected chi connectivity index (χ0v) is 11.8. The maximum atomic E-state index is 12.2. The van der Waals surface area contributed by atoms with Crippen LogP contribution in [-0.2, 0) is 0 Å². The van der Waals surface area contributed by atoms with E-state index < -0.39 is 0 Å². The fourth-order valence-corrected chi connectivity index (χ4v) is 1.85. The highest BCUT2D eigenvalue weighted by molar-refractivity contribution is 5.97. The molecule has 0 radical (unpaired) electrons. The van der Waals surface area contributed by atoms with E-state index in [1.807, 2.05) is 13.8 Å². The lowest BCUT2D eigenvalue weighted by Crippen LogP contribution is -2.28. The van der Waals surface area contributed by atoms with Gasteiger partial charge in [-0.3, -0.25) is 9.89 Å². The molecule has 0 aliphatic carbocycles. The first-order valence-corrected chi connectivity index (χ1v) is 6.58. The van der Waals surface area contributed by atoms with E-state index in [0.717, 1.165) is 31.5 Å².